The third kappa shape index (κ3) is 2.26. The lowest BCUT2D eigenvalue weighted by molar-refractivity contribution is 0.0697. The molecule has 0 radical (unpaired) electrons. The Bertz CT molecular complexity index is 444. The van der Waals surface area contributed by atoms with Crippen LogP contribution in [-0.2, 0) is 0 Å². The van der Waals surface area contributed by atoms with Gasteiger partial charge >= 0.3 is 5.97 Å². The molecule has 98 valence electrons. The molecule has 0 spiro atoms. The maximum atomic E-state index is 11.3. The summed E-state index contributed by atoms with van der Waals surface area (Å²) in [6, 6.07) is 5.18. The first-order valence-corrected chi connectivity index (χ1v) is 6.14. The molecule has 0 heterocycles. The minimum atomic E-state index is -0.987. The number of aliphatic hydroxyl groups excluding tert-OH is 1. The highest BCUT2D eigenvalue weighted by atomic mass is 16.4. The lowest BCUT2D eigenvalue weighted by atomic mass is 9.90. The Kier molecular flexibility index (Phi) is 3.72. The van der Waals surface area contributed by atoms with Crippen molar-refractivity contribution in [2.24, 2.45) is 0 Å². The molecule has 0 saturated heterocycles. The number of para-hydroxylation sites is 1. The molecule has 0 atom stereocenters. The van der Waals surface area contributed by atoms with Gasteiger partial charge in [0, 0.05) is 12.6 Å². The number of rotatable bonds is 5. The van der Waals surface area contributed by atoms with E-state index in [0.717, 1.165) is 19.3 Å². The van der Waals surface area contributed by atoms with Crippen molar-refractivity contribution in [3.05, 3.63) is 23.8 Å². The van der Waals surface area contributed by atoms with Crippen LogP contribution in [0.15, 0.2) is 18.2 Å². The number of carboxylic acids is 1. The van der Waals surface area contributed by atoms with Crippen molar-refractivity contribution in [1.82, 2.24) is 0 Å². The second-order valence-corrected chi connectivity index (χ2v) is 4.55. The summed E-state index contributed by atoms with van der Waals surface area (Å²) in [5, 5.41) is 18.4. The third-order valence-electron chi connectivity index (χ3n) is 3.44. The van der Waals surface area contributed by atoms with Crippen LogP contribution in [0.3, 0.4) is 0 Å². The van der Waals surface area contributed by atoms with Crippen LogP contribution in [0.5, 0.6) is 0 Å². The van der Waals surface area contributed by atoms with Crippen molar-refractivity contribution < 1.29 is 15.0 Å². The monoisotopic (exact) mass is 250 g/mol. The van der Waals surface area contributed by atoms with E-state index in [2.05, 4.69) is 0 Å². The SMILES string of the molecule is Nc1cccc(C(=O)O)c1N(CCO)C1CCC1. The zero-order chi connectivity index (χ0) is 13.1. The summed E-state index contributed by atoms with van der Waals surface area (Å²) in [5.41, 5.74) is 7.12. The summed E-state index contributed by atoms with van der Waals surface area (Å²) in [5.74, 6) is -0.987. The Hall–Kier alpha value is -1.75. The van der Waals surface area contributed by atoms with Gasteiger partial charge in [-0.3, -0.25) is 0 Å². The number of carboxylic acid groups (broad SMARTS) is 1. The quantitative estimate of drug-likeness (QED) is 0.686. The number of nitrogens with two attached hydrogens (primary N) is 1. The smallest absolute Gasteiger partial charge is 0.337 e. The first kappa shape index (κ1) is 12.7. The highest BCUT2D eigenvalue weighted by Gasteiger charge is 2.28. The molecule has 1 saturated carbocycles. The average Bonchev–Trinajstić information content (AvgIpc) is 2.25. The fourth-order valence-electron chi connectivity index (χ4n) is 2.34. The largest absolute Gasteiger partial charge is 0.478 e. The zero-order valence-corrected chi connectivity index (χ0v) is 10.2. The molecule has 0 aromatic heterocycles. The number of benzene rings is 1. The molecule has 1 aliphatic carbocycles. The minimum Gasteiger partial charge on any atom is -0.478 e. The van der Waals surface area contributed by atoms with Crippen molar-refractivity contribution in [3.63, 3.8) is 0 Å². The number of hydrogen-bond acceptors (Lipinski definition) is 4. The van der Waals surface area contributed by atoms with Crippen LogP contribution in [-0.4, -0.2) is 35.4 Å². The molecular formula is C13H18N2O3. The van der Waals surface area contributed by atoms with Crippen LogP contribution in [0.2, 0.25) is 0 Å². The summed E-state index contributed by atoms with van der Waals surface area (Å²) in [7, 11) is 0. The van der Waals surface area contributed by atoms with Gasteiger partial charge in [0.2, 0.25) is 0 Å². The molecule has 1 aromatic carbocycles. The van der Waals surface area contributed by atoms with Crippen molar-refractivity contribution in [2.45, 2.75) is 25.3 Å². The second-order valence-electron chi connectivity index (χ2n) is 4.55. The third-order valence-corrected chi connectivity index (χ3v) is 3.44. The number of aromatic carboxylic acids is 1. The number of nitrogens with zero attached hydrogens (tertiary/aromatic N) is 1. The molecule has 0 amide bonds. The number of anilines is 2. The molecule has 18 heavy (non-hydrogen) atoms. The summed E-state index contributed by atoms with van der Waals surface area (Å²) in [4.78, 5) is 13.2. The van der Waals surface area contributed by atoms with Gasteiger partial charge in [0.1, 0.15) is 0 Å². The predicted octanol–water partition coefficient (Wildman–Crippen LogP) is 1.32. The molecule has 2 rings (SSSR count). The highest BCUT2D eigenvalue weighted by molar-refractivity contribution is 5.98. The highest BCUT2D eigenvalue weighted by Crippen LogP contribution is 2.35. The van der Waals surface area contributed by atoms with E-state index in [4.69, 9.17) is 10.8 Å². The second kappa shape index (κ2) is 5.27. The van der Waals surface area contributed by atoms with Crippen molar-refractivity contribution >= 4 is 17.3 Å². The van der Waals surface area contributed by atoms with Crippen LogP contribution in [0, 0.1) is 0 Å². The maximum Gasteiger partial charge on any atom is 0.337 e. The van der Waals surface area contributed by atoms with E-state index in [1.807, 2.05) is 4.90 Å². The van der Waals surface area contributed by atoms with Gasteiger partial charge in [-0.05, 0) is 31.4 Å². The average molecular weight is 250 g/mol. The first-order chi connectivity index (χ1) is 8.65. The summed E-state index contributed by atoms with van der Waals surface area (Å²) >= 11 is 0. The van der Waals surface area contributed by atoms with Gasteiger partial charge < -0.3 is 20.8 Å². The number of carbonyl (C=O) groups is 1. The minimum absolute atomic E-state index is 0.0100. The molecule has 0 unspecified atom stereocenters. The summed E-state index contributed by atoms with van der Waals surface area (Å²) in [6.07, 6.45) is 3.18. The standard InChI is InChI=1S/C13H18N2O3/c14-11-6-2-5-10(13(17)18)12(11)15(7-8-16)9-3-1-4-9/h2,5-6,9,16H,1,3-4,7-8,14H2,(H,17,18). The zero-order valence-electron chi connectivity index (χ0n) is 10.2. The van der Waals surface area contributed by atoms with Gasteiger partial charge in [-0.2, -0.15) is 0 Å². The molecule has 4 N–H and O–H groups in total. The van der Waals surface area contributed by atoms with Gasteiger partial charge in [0.25, 0.3) is 0 Å². The first-order valence-electron chi connectivity index (χ1n) is 6.14. The number of nitrogen functional groups attached to an aromatic ring is 1. The van der Waals surface area contributed by atoms with Gasteiger partial charge in [-0.25, -0.2) is 4.79 Å². The van der Waals surface area contributed by atoms with Gasteiger partial charge in [0.05, 0.1) is 23.5 Å². The lowest BCUT2D eigenvalue weighted by Crippen LogP contribution is -2.43. The van der Waals surface area contributed by atoms with Crippen LogP contribution in [0.4, 0.5) is 11.4 Å². The molecule has 1 fully saturated rings. The molecule has 1 aliphatic rings. The van der Waals surface area contributed by atoms with E-state index in [1.165, 1.54) is 0 Å². The Labute approximate surface area is 106 Å². The van der Waals surface area contributed by atoms with E-state index in [-0.39, 0.29) is 12.2 Å². The van der Waals surface area contributed by atoms with Gasteiger partial charge in [-0.1, -0.05) is 6.07 Å². The van der Waals surface area contributed by atoms with E-state index in [1.54, 1.807) is 18.2 Å². The molecule has 5 nitrogen and oxygen atoms in total. The Morgan fingerprint density at radius 1 is 1.44 bits per heavy atom. The van der Waals surface area contributed by atoms with Gasteiger partial charge in [0.15, 0.2) is 0 Å². The topological polar surface area (TPSA) is 86.8 Å². The summed E-state index contributed by atoms with van der Waals surface area (Å²) in [6.45, 7) is 0.406. The van der Waals surface area contributed by atoms with Crippen LogP contribution < -0.4 is 10.6 Å². The van der Waals surface area contributed by atoms with Gasteiger partial charge in [-0.15, -0.1) is 0 Å². The lowest BCUT2D eigenvalue weighted by Gasteiger charge is -2.40. The van der Waals surface area contributed by atoms with E-state index < -0.39 is 5.97 Å². The number of aliphatic hydroxyl groups is 1. The van der Waals surface area contributed by atoms with Crippen LogP contribution in [0.1, 0.15) is 29.6 Å². The number of hydrogen-bond donors (Lipinski definition) is 3. The Balaban J connectivity index is 2.41. The molecule has 0 bridgehead atoms. The molecular weight excluding hydrogens is 232 g/mol. The summed E-state index contributed by atoms with van der Waals surface area (Å²) < 4.78 is 0. The predicted molar refractivity (Wildman–Crippen MR) is 69.9 cm³/mol. The fourth-order valence-corrected chi connectivity index (χ4v) is 2.34. The van der Waals surface area contributed by atoms with Crippen molar-refractivity contribution in [2.75, 3.05) is 23.8 Å². The molecule has 1 aromatic rings. The maximum absolute atomic E-state index is 11.3. The normalized spacial score (nSPS) is 15.2. The van der Waals surface area contributed by atoms with Crippen LogP contribution in [0.25, 0.3) is 0 Å². The molecule has 0 aliphatic heterocycles. The van der Waals surface area contributed by atoms with E-state index >= 15 is 0 Å². The van der Waals surface area contributed by atoms with E-state index in [0.29, 0.717) is 24.0 Å². The molecule has 5 heteroatoms. The van der Waals surface area contributed by atoms with Crippen molar-refractivity contribution in [3.8, 4) is 0 Å². The van der Waals surface area contributed by atoms with E-state index in [9.17, 15) is 9.90 Å². The van der Waals surface area contributed by atoms with Crippen LogP contribution >= 0.6 is 0 Å². The van der Waals surface area contributed by atoms with Crippen molar-refractivity contribution in [1.29, 1.82) is 0 Å². The Morgan fingerprint density at radius 2 is 2.17 bits per heavy atom. The fraction of sp³-hybridized carbons (Fsp3) is 0.462. The Morgan fingerprint density at radius 3 is 2.67 bits per heavy atom.